The van der Waals surface area contributed by atoms with E-state index in [1.807, 2.05) is 69.4 Å². The first-order chi connectivity index (χ1) is 20.4. The zero-order valence-corrected chi connectivity index (χ0v) is 28.0. The van der Waals surface area contributed by atoms with E-state index in [2.05, 4.69) is 65.3 Å². The van der Waals surface area contributed by atoms with Crippen LogP contribution in [-0.4, -0.2) is 33.0 Å². The number of anilines is 1. The average Bonchev–Trinajstić information content (AvgIpc) is 3.69. The molecular formula is C35H55N5OS. The molecule has 0 spiro atoms. The van der Waals surface area contributed by atoms with Crippen molar-refractivity contribution in [2.24, 2.45) is 10.9 Å². The summed E-state index contributed by atoms with van der Waals surface area (Å²) in [4.78, 5) is 11.0. The van der Waals surface area contributed by atoms with Crippen LogP contribution in [-0.2, 0) is 16.7 Å². The van der Waals surface area contributed by atoms with Crippen LogP contribution in [0.25, 0.3) is 0 Å². The monoisotopic (exact) mass is 593 g/mol. The van der Waals surface area contributed by atoms with Gasteiger partial charge >= 0.3 is 0 Å². The van der Waals surface area contributed by atoms with Gasteiger partial charge in [0.15, 0.2) is 0 Å². The summed E-state index contributed by atoms with van der Waals surface area (Å²) in [6, 6.07) is 13.5. The topological polar surface area (TPSA) is 69.6 Å². The molecule has 232 valence electrons. The van der Waals surface area contributed by atoms with Gasteiger partial charge < -0.3 is 14.9 Å². The number of likely N-dealkylation sites (tertiary alicyclic amines) is 1. The van der Waals surface area contributed by atoms with Gasteiger partial charge in [0.25, 0.3) is 0 Å². The number of hydrogen-bond donors (Lipinski definition) is 2. The first-order valence-corrected chi connectivity index (χ1v) is 16.9. The number of aryl methyl sites for hydroxylation is 1. The van der Waals surface area contributed by atoms with Gasteiger partial charge in [0, 0.05) is 36.3 Å². The highest BCUT2D eigenvalue weighted by Crippen LogP contribution is 2.27. The van der Waals surface area contributed by atoms with Crippen LogP contribution in [0.4, 0.5) is 5.69 Å². The largest absolute Gasteiger partial charge is 0.374 e. The molecule has 1 unspecified atom stereocenters. The Morgan fingerprint density at radius 1 is 1.10 bits per heavy atom. The standard InChI is InChI=1S/C16H25N3.C13H14N2OS.C4H10.C2H6/c1-4-6-7-14-9-11-19(12-14)13(3)15-8-10-18-16(15)17-5-2;1-11-7-8-13(9-14-11)15-17(16)10-12-5-3-2-4-6-12;1-3-4-2;1-2/h5,8,10,14H,2,4,6-7,9,11-12H2,1,3H3,(H,17,18);2-9,15H,10H2,1H3;3-4H2,1-2H3;1-2H3/b15-13+;;;/t14-;;;/m1.../s1. The number of pyridine rings is 1. The van der Waals surface area contributed by atoms with Crippen molar-refractivity contribution in [2.45, 2.75) is 92.7 Å². The third-order valence-corrected chi connectivity index (χ3v) is 7.90. The van der Waals surface area contributed by atoms with Crippen molar-refractivity contribution in [3.05, 3.63) is 96.2 Å². The molecule has 2 N–H and O–H groups in total. The summed E-state index contributed by atoms with van der Waals surface area (Å²) in [5, 5.41) is 3.11. The molecule has 0 aliphatic carbocycles. The summed E-state index contributed by atoms with van der Waals surface area (Å²) in [5.74, 6) is 2.28. The Bertz CT molecular complexity index is 1120. The van der Waals surface area contributed by atoms with Gasteiger partial charge in [-0.1, -0.05) is 97.2 Å². The Morgan fingerprint density at radius 2 is 1.81 bits per heavy atom. The summed E-state index contributed by atoms with van der Waals surface area (Å²) in [6.45, 7) is 20.8. The Morgan fingerprint density at radius 3 is 2.40 bits per heavy atom. The maximum atomic E-state index is 11.8. The maximum absolute atomic E-state index is 11.8. The summed E-state index contributed by atoms with van der Waals surface area (Å²) in [5.41, 5.74) is 5.32. The van der Waals surface area contributed by atoms with Crippen molar-refractivity contribution in [3.63, 3.8) is 0 Å². The van der Waals surface area contributed by atoms with E-state index in [9.17, 15) is 4.21 Å². The first-order valence-electron chi connectivity index (χ1n) is 15.6. The predicted octanol–water partition coefficient (Wildman–Crippen LogP) is 8.93. The van der Waals surface area contributed by atoms with Gasteiger partial charge in [-0.2, -0.15) is 0 Å². The van der Waals surface area contributed by atoms with Gasteiger partial charge in [-0.3, -0.25) is 4.98 Å². The van der Waals surface area contributed by atoms with Gasteiger partial charge in [-0.25, -0.2) is 9.20 Å². The molecule has 2 aromatic rings. The number of aliphatic imine (C=N–C) groups is 1. The number of amidine groups is 1. The Balaban J connectivity index is 0.000000356. The second-order valence-electron chi connectivity index (χ2n) is 10.1. The fourth-order valence-electron chi connectivity index (χ4n) is 4.30. The van der Waals surface area contributed by atoms with Crippen molar-refractivity contribution in [1.29, 1.82) is 0 Å². The number of benzene rings is 1. The minimum atomic E-state index is -1.12. The minimum Gasteiger partial charge on any atom is -0.374 e. The molecule has 2 atom stereocenters. The lowest BCUT2D eigenvalue weighted by Crippen LogP contribution is -2.24. The van der Waals surface area contributed by atoms with Crippen LogP contribution < -0.4 is 10.0 Å². The number of aromatic nitrogens is 1. The molecule has 1 aromatic heterocycles. The highest BCUT2D eigenvalue weighted by atomic mass is 32.2. The lowest BCUT2D eigenvalue weighted by atomic mass is 10.0. The Hall–Kier alpha value is -3.19. The number of rotatable bonds is 10. The van der Waals surface area contributed by atoms with Gasteiger partial charge in [0.2, 0.25) is 0 Å². The highest BCUT2D eigenvalue weighted by molar-refractivity contribution is 7.85. The zero-order chi connectivity index (χ0) is 31.2. The molecular weight excluding hydrogens is 538 g/mol. The molecule has 7 heteroatoms. The highest BCUT2D eigenvalue weighted by Gasteiger charge is 2.24. The number of nitrogens with zero attached hydrogens (tertiary/aromatic N) is 3. The van der Waals surface area contributed by atoms with Crippen LogP contribution >= 0.6 is 0 Å². The van der Waals surface area contributed by atoms with Crippen LogP contribution in [0.2, 0.25) is 0 Å². The summed E-state index contributed by atoms with van der Waals surface area (Å²) in [6.07, 6.45) is 15.3. The Kier molecular flexibility index (Phi) is 19.7. The first kappa shape index (κ1) is 36.8. The fourth-order valence-corrected chi connectivity index (χ4v) is 5.25. The molecule has 1 fully saturated rings. The Labute approximate surface area is 259 Å². The third-order valence-electron chi connectivity index (χ3n) is 6.84. The molecule has 42 heavy (non-hydrogen) atoms. The van der Waals surface area contributed by atoms with E-state index in [4.69, 9.17) is 0 Å². The third kappa shape index (κ3) is 14.1. The molecule has 0 saturated carbocycles. The second kappa shape index (κ2) is 22.4. The summed E-state index contributed by atoms with van der Waals surface area (Å²) < 4.78 is 14.8. The van der Waals surface area contributed by atoms with Crippen molar-refractivity contribution < 1.29 is 4.21 Å². The van der Waals surface area contributed by atoms with Gasteiger partial charge in [0.1, 0.15) is 16.8 Å². The molecule has 4 rings (SSSR count). The van der Waals surface area contributed by atoms with E-state index < -0.39 is 11.0 Å². The average molecular weight is 594 g/mol. The maximum Gasteiger partial charge on any atom is 0.138 e. The molecule has 1 aromatic carbocycles. The number of nitrogens with one attached hydrogen (secondary N) is 2. The number of hydrogen-bond acceptors (Lipinski definition) is 5. The molecule has 3 heterocycles. The van der Waals surface area contributed by atoms with Crippen LogP contribution in [0, 0.1) is 12.8 Å². The second-order valence-corrected chi connectivity index (χ2v) is 11.3. The molecule has 6 nitrogen and oxygen atoms in total. The van der Waals surface area contributed by atoms with Crippen LogP contribution in [0.3, 0.4) is 0 Å². The normalized spacial score (nSPS) is 16.9. The molecule has 0 radical (unpaired) electrons. The lowest BCUT2D eigenvalue weighted by Gasteiger charge is -2.22. The summed E-state index contributed by atoms with van der Waals surface area (Å²) >= 11 is 0. The van der Waals surface area contributed by atoms with Crippen LogP contribution in [0.5, 0.6) is 0 Å². The van der Waals surface area contributed by atoms with Gasteiger partial charge in [-0.05, 0) is 62.6 Å². The molecule has 0 bridgehead atoms. The van der Waals surface area contributed by atoms with E-state index in [0.29, 0.717) is 5.75 Å². The van der Waals surface area contributed by atoms with E-state index in [-0.39, 0.29) is 0 Å². The molecule has 1 saturated heterocycles. The molecule has 0 amide bonds. The van der Waals surface area contributed by atoms with E-state index in [0.717, 1.165) is 28.7 Å². The van der Waals surface area contributed by atoms with E-state index in [1.165, 1.54) is 62.9 Å². The van der Waals surface area contributed by atoms with E-state index in [1.54, 1.807) is 12.4 Å². The molecule has 2 aliphatic heterocycles. The number of unbranched alkanes of at least 4 members (excludes halogenated alkanes) is 2. The van der Waals surface area contributed by atoms with Gasteiger partial charge in [0.05, 0.1) is 17.6 Å². The van der Waals surface area contributed by atoms with Crippen LogP contribution in [0.15, 0.2) is 90.0 Å². The van der Waals surface area contributed by atoms with Crippen LogP contribution in [0.1, 0.15) is 91.3 Å². The lowest BCUT2D eigenvalue weighted by molar-refractivity contribution is 0.391. The number of allylic oxidation sites excluding steroid dienone is 1. The fraction of sp³-hybridized carbons (Fsp3) is 0.486. The van der Waals surface area contributed by atoms with E-state index >= 15 is 0 Å². The van der Waals surface area contributed by atoms with Crippen molar-refractivity contribution in [3.8, 4) is 0 Å². The van der Waals surface area contributed by atoms with Crippen molar-refractivity contribution >= 4 is 22.5 Å². The van der Waals surface area contributed by atoms with Crippen molar-refractivity contribution in [1.82, 2.24) is 15.2 Å². The minimum absolute atomic E-state index is 0.495. The summed E-state index contributed by atoms with van der Waals surface area (Å²) in [7, 11) is -1.12. The smallest absolute Gasteiger partial charge is 0.138 e. The predicted molar refractivity (Wildman–Crippen MR) is 185 cm³/mol. The van der Waals surface area contributed by atoms with Crippen molar-refractivity contribution in [2.75, 3.05) is 17.8 Å². The molecule has 2 aliphatic rings. The van der Waals surface area contributed by atoms with Gasteiger partial charge in [-0.15, -0.1) is 0 Å². The zero-order valence-electron chi connectivity index (χ0n) is 27.2. The quantitative estimate of drug-likeness (QED) is 0.289. The SMILES string of the molecule is C=CNC1=NC=C/C1=C(/C)N1CC[C@@H](CCCC)C1.CC.CCCC.Cc1ccc(NS(=O)Cc2ccccc2)cn1.